The van der Waals surface area contributed by atoms with Gasteiger partial charge in [-0.05, 0) is 30.0 Å². The zero-order chi connectivity index (χ0) is 14.3. The van der Waals surface area contributed by atoms with E-state index in [-0.39, 0.29) is 20.9 Å². The summed E-state index contributed by atoms with van der Waals surface area (Å²) >= 11 is 5.89. The van der Waals surface area contributed by atoms with Gasteiger partial charge in [-0.15, -0.1) is 0 Å². The summed E-state index contributed by atoms with van der Waals surface area (Å²) in [5, 5.41) is 8.97. The number of hydrogen-bond donors (Lipinski definition) is 0. The molecule has 0 unspecified atom stereocenters. The van der Waals surface area contributed by atoms with Crippen molar-refractivity contribution in [2.75, 3.05) is 13.1 Å². The van der Waals surface area contributed by atoms with Gasteiger partial charge >= 0.3 is 0 Å². The van der Waals surface area contributed by atoms with E-state index in [1.807, 2.05) is 19.9 Å². The lowest BCUT2D eigenvalue weighted by molar-refractivity contribution is 0.375. The molecule has 1 heterocycles. The minimum absolute atomic E-state index is 0.00343. The Morgan fingerprint density at radius 1 is 1.42 bits per heavy atom. The Morgan fingerprint density at radius 2 is 2.11 bits per heavy atom. The Labute approximate surface area is 118 Å². The molecule has 1 aliphatic heterocycles. The van der Waals surface area contributed by atoms with Crippen LogP contribution in [0.4, 0.5) is 0 Å². The van der Waals surface area contributed by atoms with E-state index in [9.17, 15) is 8.42 Å². The minimum atomic E-state index is -3.52. The van der Waals surface area contributed by atoms with E-state index >= 15 is 0 Å². The second-order valence-electron chi connectivity index (χ2n) is 5.51. The quantitative estimate of drug-likeness (QED) is 0.843. The van der Waals surface area contributed by atoms with Crippen molar-refractivity contribution in [2.24, 2.45) is 5.41 Å². The van der Waals surface area contributed by atoms with Crippen molar-refractivity contribution < 1.29 is 8.42 Å². The number of nitrogens with zero attached hydrogens (tertiary/aromatic N) is 2. The summed E-state index contributed by atoms with van der Waals surface area (Å²) in [6, 6.07) is 6.14. The van der Waals surface area contributed by atoms with Crippen LogP contribution >= 0.6 is 11.6 Å². The smallest absolute Gasteiger partial charge is 0.207 e. The molecule has 4 nitrogen and oxygen atoms in total. The molecule has 0 aliphatic carbocycles. The molecule has 0 atom stereocenters. The maximum atomic E-state index is 12.5. The van der Waals surface area contributed by atoms with Crippen LogP contribution in [-0.2, 0) is 10.0 Å². The predicted octanol–water partition coefficient (Wildman–Crippen LogP) is 2.63. The van der Waals surface area contributed by atoms with Crippen molar-refractivity contribution in [1.29, 1.82) is 5.26 Å². The number of nitriles is 1. The summed E-state index contributed by atoms with van der Waals surface area (Å²) in [7, 11) is -3.52. The summed E-state index contributed by atoms with van der Waals surface area (Å²) in [5.74, 6) is 0. The second kappa shape index (κ2) is 4.78. The number of hydrogen-bond acceptors (Lipinski definition) is 3. The first-order chi connectivity index (χ1) is 8.76. The molecule has 19 heavy (non-hydrogen) atoms. The molecule has 0 N–H and O–H groups in total. The maximum Gasteiger partial charge on any atom is 0.243 e. The summed E-state index contributed by atoms with van der Waals surface area (Å²) in [6.07, 6.45) is 0.843. The SMILES string of the molecule is CC1(C)CCN(S(=O)(=O)c2ccc(C#N)c(Cl)c2)C1. The standard InChI is InChI=1S/C13H15ClN2O2S/c1-13(2)5-6-16(9-13)19(17,18)11-4-3-10(8-15)12(14)7-11/h3-4,7H,5-6,9H2,1-2H3. The predicted molar refractivity (Wildman–Crippen MR) is 73.3 cm³/mol. The van der Waals surface area contributed by atoms with E-state index in [1.165, 1.54) is 22.5 Å². The van der Waals surface area contributed by atoms with Crippen LogP contribution in [-0.4, -0.2) is 25.8 Å². The van der Waals surface area contributed by atoms with Gasteiger partial charge in [-0.2, -0.15) is 9.57 Å². The molecule has 0 bridgehead atoms. The van der Waals surface area contributed by atoms with Gasteiger partial charge in [-0.1, -0.05) is 25.4 Å². The van der Waals surface area contributed by atoms with Gasteiger partial charge in [0, 0.05) is 13.1 Å². The number of benzene rings is 1. The average molecular weight is 299 g/mol. The zero-order valence-electron chi connectivity index (χ0n) is 10.9. The first-order valence-corrected chi connectivity index (χ1v) is 7.78. The summed E-state index contributed by atoms with van der Waals surface area (Å²) < 4.78 is 26.4. The van der Waals surface area contributed by atoms with Crippen molar-refractivity contribution >= 4 is 21.6 Å². The molecule has 1 aromatic rings. The third-order valence-corrected chi connectivity index (χ3v) is 5.50. The molecule has 0 amide bonds. The van der Waals surface area contributed by atoms with Crippen LogP contribution in [0.5, 0.6) is 0 Å². The van der Waals surface area contributed by atoms with Gasteiger partial charge in [-0.3, -0.25) is 0 Å². The highest BCUT2D eigenvalue weighted by molar-refractivity contribution is 7.89. The molecule has 0 saturated carbocycles. The molecule has 0 radical (unpaired) electrons. The molecule has 1 aliphatic rings. The molecule has 1 saturated heterocycles. The van der Waals surface area contributed by atoms with Crippen molar-refractivity contribution in [3.8, 4) is 6.07 Å². The zero-order valence-corrected chi connectivity index (χ0v) is 12.4. The van der Waals surface area contributed by atoms with Crippen LogP contribution in [0.3, 0.4) is 0 Å². The Bertz CT molecular complexity index is 647. The summed E-state index contributed by atoms with van der Waals surface area (Å²) in [6.45, 7) is 5.13. The average Bonchev–Trinajstić information content (AvgIpc) is 2.70. The van der Waals surface area contributed by atoms with Gasteiger partial charge in [0.1, 0.15) is 6.07 Å². The van der Waals surface area contributed by atoms with Gasteiger partial charge in [0.05, 0.1) is 15.5 Å². The minimum Gasteiger partial charge on any atom is -0.207 e. The molecule has 1 fully saturated rings. The highest BCUT2D eigenvalue weighted by atomic mass is 35.5. The molecule has 6 heteroatoms. The fourth-order valence-corrected chi connectivity index (χ4v) is 4.11. The molecule has 2 rings (SSSR count). The topological polar surface area (TPSA) is 61.2 Å². The Balaban J connectivity index is 2.36. The lowest BCUT2D eigenvalue weighted by Crippen LogP contribution is -2.30. The first-order valence-electron chi connectivity index (χ1n) is 5.96. The van der Waals surface area contributed by atoms with Crippen LogP contribution in [0.2, 0.25) is 5.02 Å². The van der Waals surface area contributed by atoms with E-state index in [0.717, 1.165) is 6.42 Å². The number of halogens is 1. The fraction of sp³-hybridized carbons (Fsp3) is 0.462. The summed E-state index contributed by atoms with van der Waals surface area (Å²) in [4.78, 5) is 0.147. The van der Waals surface area contributed by atoms with Gasteiger partial charge < -0.3 is 0 Å². The van der Waals surface area contributed by atoms with E-state index in [2.05, 4.69) is 0 Å². The molecule has 102 valence electrons. The Hall–Kier alpha value is -1.09. The highest BCUT2D eigenvalue weighted by Gasteiger charge is 2.36. The van der Waals surface area contributed by atoms with Crippen LogP contribution < -0.4 is 0 Å². The Kier molecular flexibility index (Phi) is 3.61. The highest BCUT2D eigenvalue weighted by Crippen LogP contribution is 2.33. The molecular formula is C13H15ClN2O2S. The number of sulfonamides is 1. The van der Waals surface area contributed by atoms with Crippen LogP contribution in [0, 0.1) is 16.7 Å². The largest absolute Gasteiger partial charge is 0.243 e. The van der Waals surface area contributed by atoms with Gasteiger partial charge in [0.25, 0.3) is 0 Å². The van der Waals surface area contributed by atoms with E-state index < -0.39 is 10.0 Å². The third kappa shape index (κ3) is 2.76. The number of rotatable bonds is 2. The van der Waals surface area contributed by atoms with Gasteiger partial charge in [0.2, 0.25) is 10.0 Å². The van der Waals surface area contributed by atoms with Gasteiger partial charge in [0.15, 0.2) is 0 Å². The van der Waals surface area contributed by atoms with E-state index in [0.29, 0.717) is 13.1 Å². The normalized spacial score (nSPS) is 19.3. The van der Waals surface area contributed by atoms with Crippen molar-refractivity contribution in [1.82, 2.24) is 4.31 Å². The molecule has 1 aromatic carbocycles. The maximum absolute atomic E-state index is 12.5. The van der Waals surface area contributed by atoms with Gasteiger partial charge in [-0.25, -0.2) is 8.42 Å². The lowest BCUT2D eigenvalue weighted by atomic mass is 9.93. The van der Waals surface area contributed by atoms with Crippen molar-refractivity contribution in [2.45, 2.75) is 25.2 Å². The fourth-order valence-electron chi connectivity index (χ4n) is 2.16. The van der Waals surface area contributed by atoms with Crippen molar-refractivity contribution in [3.05, 3.63) is 28.8 Å². The molecule has 0 aromatic heterocycles. The lowest BCUT2D eigenvalue weighted by Gasteiger charge is -2.19. The summed E-state index contributed by atoms with van der Waals surface area (Å²) in [5.41, 5.74) is 0.283. The van der Waals surface area contributed by atoms with E-state index in [1.54, 1.807) is 0 Å². The van der Waals surface area contributed by atoms with Crippen LogP contribution in [0.15, 0.2) is 23.1 Å². The molecular weight excluding hydrogens is 284 g/mol. The third-order valence-electron chi connectivity index (χ3n) is 3.34. The van der Waals surface area contributed by atoms with Crippen LogP contribution in [0.25, 0.3) is 0 Å². The van der Waals surface area contributed by atoms with Crippen molar-refractivity contribution in [3.63, 3.8) is 0 Å². The second-order valence-corrected chi connectivity index (χ2v) is 7.85. The Morgan fingerprint density at radius 3 is 2.58 bits per heavy atom. The van der Waals surface area contributed by atoms with E-state index in [4.69, 9.17) is 16.9 Å². The molecule has 0 spiro atoms. The first kappa shape index (κ1) is 14.3. The van der Waals surface area contributed by atoms with Crippen LogP contribution in [0.1, 0.15) is 25.8 Å². The monoisotopic (exact) mass is 298 g/mol.